The summed E-state index contributed by atoms with van der Waals surface area (Å²) >= 11 is 1.94. The number of fused-ring (bicyclic) bond motifs is 3. The molecule has 286 valence electrons. The number of thiophene rings is 1. The van der Waals surface area contributed by atoms with Gasteiger partial charge in [-0.1, -0.05) is 161 Å². The Kier molecular flexibility index (Phi) is 10.2. The van der Waals surface area contributed by atoms with E-state index in [-0.39, 0.29) is 0 Å². The molecule has 0 N–H and O–H groups in total. The van der Waals surface area contributed by atoms with Gasteiger partial charge in [0.25, 0.3) is 0 Å². The van der Waals surface area contributed by atoms with E-state index in [1.54, 1.807) is 0 Å². The minimum Gasteiger partial charge on any atom is -0.208 e. The Labute approximate surface area is 374 Å². The first kappa shape index (κ1) is 39.6. The van der Waals surface area contributed by atoms with Gasteiger partial charge in [-0.25, -0.2) is 15.0 Å². The van der Waals surface area contributed by atoms with Gasteiger partial charge in [-0.15, -0.1) is 27.7 Å². The highest BCUT2D eigenvalue weighted by Gasteiger charge is 2.23. The molecule has 0 fully saturated rings. The first-order chi connectivity index (χ1) is 30.1. The number of nitrogens with zero attached hydrogens (tertiary/aromatic N) is 3. The minimum absolute atomic E-state index is 0.634. The Morgan fingerprint density at radius 1 is 0.274 bits per heavy atom. The van der Waals surface area contributed by atoms with Gasteiger partial charge >= 0.3 is 0 Å². The van der Waals surface area contributed by atoms with Crippen LogP contribution in [0.5, 0.6) is 0 Å². The summed E-state index contributed by atoms with van der Waals surface area (Å²) in [7, 11) is 16.0. The van der Waals surface area contributed by atoms with E-state index in [9.17, 15) is 0 Å². The zero-order valence-corrected chi connectivity index (χ0v) is 37.1. The van der Waals surface area contributed by atoms with E-state index in [4.69, 9.17) is 15.0 Å². The van der Waals surface area contributed by atoms with Gasteiger partial charge < -0.3 is 0 Å². The lowest BCUT2D eigenvalue weighted by Gasteiger charge is -2.18. The molecule has 8 aromatic carbocycles. The summed E-state index contributed by atoms with van der Waals surface area (Å²) in [6, 6.07) is 55.7. The van der Waals surface area contributed by atoms with E-state index in [1.165, 1.54) is 75.1 Å². The van der Waals surface area contributed by atoms with Crippen molar-refractivity contribution in [1.29, 1.82) is 0 Å². The van der Waals surface area contributed by atoms with Crippen LogP contribution in [0.25, 0.3) is 98.8 Å². The summed E-state index contributed by atoms with van der Waals surface area (Å²) < 4.78 is 2.72. The Morgan fingerprint density at radius 3 is 1.10 bits per heavy atom. The molecule has 11 heteroatoms. The molecule has 2 heterocycles. The average molecular weight is 803 g/mol. The lowest BCUT2D eigenvalue weighted by molar-refractivity contribution is 1.07. The van der Waals surface area contributed by atoms with E-state index < -0.39 is 0 Å². The highest BCUT2D eigenvalue weighted by Crippen LogP contribution is 2.39. The van der Waals surface area contributed by atoms with Crippen molar-refractivity contribution in [2.45, 2.75) is 0 Å². The first-order valence-electron chi connectivity index (χ1n) is 21.4. The molecular formula is C51H40B7N3S. The van der Waals surface area contributed by atoms with Gasteiger partial charge in [-0.05, 0) is 73.5 Å². The van der Waals surface area contributed by atoms with Crippen LogP contribution in [0.2, 0.25) is 0 Å². The Bertz CT molecular complexity index is 3240. The van der Waals surface area contributed by atoms with E-state index in [0.29, 0.717) is 17.5 Å². The van der Waals surface area contributed by atoms with E-state index in [0.717, 1.165) is 44.5 Å². The zero-order chi connectivity index (χ0) is 42.6. The van der Waals surface area contributed by atoms with Crippen LogP contribution in [0.1, 0.15) is 0 Å². The minimum atomic E-state index is 0.634. The third kappa shape index (κ3) is 6.95. The lowest BCUT2D eigenvalue weighted by Crippen LogP contribution is -2.47. The van der Waals surface area contributed by atoms with E-state index in [2.05, 4.69) is 201 Å². The number of aromatic nitrogens is 3. The van der Waals surface area contributed by atoms with Gasteiger partial charge in [0.05, 0.1) is 0 Å². The molecule has 0 amide bonds. The third-order valence-corrected chi connectivity index (χ3v) is 14.5. The smallest absolute Gasteiger partial charge is 0.164 e. The fourth-order valence-corrected chi connectivity index (χ4v) is 10.6. The summed E-state index contributed by atoms with van der Waals surface area (Å²) in [6.45, 7) is 0. The van der Waals surface area contributed by atoms with Crippen molar-refractivity contribution >= 4 is 125 Å². The van der Waals surface area contributed by atoms with E-state index in [1.807, 2.05) is 23.5 Å². The molecule has 3 nitrogen and oxygen atoms in total. The molecule has 0 spiro atoms. The number of benzene rings is 8. The Morgan fingerprint density at radius 2 is 0.613 bits per heavy atom. The monoisotopic (exact) mass is 803 g/mol. The van der Waals surface area contributed by atoms with Crippen molar-refractivity contribution in [3.05, 3.63) is 158 Å². The number of rotatable bonds is 7. The maximum atomic E-state index is 5.31. The second kappa shape index (κ2) is 16.0. The highest BCUT2D eigenvalue weighted by atomic mass is 32.1. The summed E-state index contributed by atoms with van der Waals surface area (Å²) in [5.41, 5.74) is 21.7. The summed E-state index contributed by atoms with van der Waals surface area (Å²) in [6.07, 6.45) is 0. The third-order valence-electron chi connectivity index (χ3n) is 13.1. The lowest BCUT2D eigenvalue weighted by atomic mass is 9.64. The van der Waals surface area contributed by atoms with Crippen molar-refractivity contribution in [3.63, 3.8) is 0 Å². The topological polar surface area (TPSA) is 38.7 Å². The molecule has 0 saturated carbocycles. The summed E-state index contributed by atoms with van der Waals surface area (Å²) in [5.74, 6) is 1.90. The van der Waals surface area contributed by atoms with Crippen molar-refractivity contribution < 1.29 is 0 Å². The summed E-state index contributed by atoms with van der Waals surface area (Å²) in [4.78, 5) is 15.8. The van der Waals surface area contributed by atoms with Gasteiger partial charge in [0.1, 0.15) is 54.9 Å². The molecule has 2 aromatic heterocycles. The molecule has 0 saturated heterocycles. The Hall–Kier alpha value is -6.56. The fraction of sp³-hybridized carbons (Fsp3) is 0. The molecule has 62 heavy (non-hydrogen) atoms. The van der Waals surface area contributed by atoms with Gasteiger partial charge in [0, 0.05) is 26.1 Å². The van der Waals surface area contributed by atoms with Crippen molar-refractivity contribution in [1.82, 2.24) is 15.0 Å². The van der Waals surface area contributed by atoms with Gasteiger partial charge in [0.2, 0.25) is 0 Å². The van der Waals surface area contributed by atoms with Crippen LogP contribution in [0.3, 0.4) is 0 Å². The quantitative estimate of drug-likeness (QED) is 0.231. The molecule has 0 atom stereocenters. The molecule has 0 bridgehead atoms. The Balaban J connectivity index is 1.21. The van der Waals surface area contributed by atoms with Crippen LogP contribution < -0.4 is 38.2 Å². The van der Waals surface area contributed by atoms with Crippen molar-refractivity contribution in [3.8, 4) is 78.7 Å². The zero-order valence-electron chi connectivity index (χ0n) is 36.3. The van der Waals surface area contributed by atoms with Crippen LogP contribution in [0.4, 0.5) is 0 Å². The number of hydrogen-bond acceptors (Lipinski definition) is 4. The molecule has 10 rings (SSSR count). The molecule has 10 aromatic rings. The summed E-state index contributed by atoms with van der Waals surface area (Å²) in [5, 5.41) is 2.77. The molecular weight excluding hydrogens is 762 g/mol. The first-order valence-corrected chi connectivity index (χ1v) is 22.2. The molecule has 0 aliphatic rings. The molecule has 0 unspecified atom stereocenters. The standard InChI is InChI=1S/C51H40B7N3S/c52-40-37(47-38(41(53)43(40)55)39-42(54)44(56)45(57)46(58)48(39)62-47)35-24-34(29-14-8-3-9-15-29)25-36(26-35)51-60-49(32-20-16-30(17-21-32)27-10-4-1-5-11-27)59-50(61-51)33-22-18-31(19-23-33)28-12-6-2-7-13-28/h1-26H,52-58H2. The second-order valence-corrected chi connectivity index (χ2v) is 17.6. The molecule has 0 radical (unpaired) electrons. The molecule has 0 aliphatic carbocycles. The second-order valence-electron chi connectivity index (χ2n) is 16.6. The predicted molar refractivity (Wildman–Crippen MR) is 288 cm³/mol. The van der Waals surface area contributed by atoms with Crippen LogP contribution >= 0.6 is 11.3 Å². The maximum absolute atomic E-state index is 5.31. The average Bonchev–Trinajstić information content (AvgIpc) is 3.73. The van der Waals surface area contributed by atoms with E-state index >= 15 is 0 Å². The van der Waals surface area contributed by atoms with Crippen LogP contribution in [0.15, 0.2) is 158 Å². The largest absolute Gasteiger partial charge is 0.208 e. The van der Waals surface area contributed by atoms with Crippen molar-refractivity contribution in [2.24, 2.45) is 0 Å². The van der Waals surface area contributed by atoms with Crippen LogP contribution in [-0.4, -0.2) is 69.9 Å². The SMILES string of the molecule is Bc1c(B)c(B)c2c(sc3c(-c4cc(-c5ccccc5)cc(-c5nc(-c6ccc(-c7ccccc7)cc6)nc(-c6ccc(-c7ccccc7)cc6)n5)c4)c(B)c(B)c(B)c32)c1B. The maximum Gasteiger partial charge on any atom is 0.164 e. The van der Waals surface area contributed by atoms with Gasteiger partial charge in [-0.3, -0.25) is 0 Å². The fourth-order valence-electron chi connectivity index (χ4n) is 9.03. The highest BCUT2D eigenvalue weighted by molar-refractivity contribution is 7.28. The van der Waals surface area contributed by atoms with Crippen molar-refractivity contribution in [2.75, 3.05) is 0 Å². The molecule has 0 aliphatic heterocycles. The van der Waals surface area contributed by atoms with Gasteiger partial charge in [-0.2, -0.15) is 0 Å². The predicted octanol–water partition coefficient (Wildman–Crippen LogP) is 1.72. The van der Waals surface area contributed by atoms with Crippen LogP contribution in [-0.2, 0) is 0 Å². The normalized spacial score (nSPS) is 11.4. The van der Waals surface area contributed by atoms with Gasteiger partial charge in [0.15, 0.2) is 17.5 Å². The van der Waals surface area contributed by atoms with Crippen LogP contribution in [0, 0.1) is 0 Å². The number of hydrogen-bond donors (Lipinski definition) is 0.